The van der Waals surface area contributed by atoms with Crippen LogP contribution in [0.4, 0.5) is 0 Å². The fraction of sp³-hybridized carbons (Fsp3) is 0.364. The van der Waals surface area contributed by atoms with E-state index < -0.39 is 12.0 Å². The average molecular weight is 382 g/mol. The molecule has 0 saturated carbocycles. The van der Waals surface area contributed by atoms with Crippen LogP contribution in [-0.2, 0) is 11.2 Å². The molecule has 1 aliphatic rings. The first-order valence-corrected chi connectivity index (χ1v) is 9.45. The van der Waals surface area contributed by atoms with Gasteiger partial charge in [-0.05, 0) is 36.1 Å². The number of rotatable bonds is 7. The smallest absolute Gasteiger partial charge is 0.326 e. The quantitative estimate of drug-likeness (QED) is 0.766. The van der Waals surface area contributed by atoms with Crippen LogP contribution in [-0.4, -0.2) is 43.7 Å². The Labute approximate surface area is 165 Å². The van der Waals surface area contributed by atoms with Crippen molar-refractivity contribution >= 4 is 11.8 Å². The molecule has 0 bridgehead atoms. The summed E-state index contributed by atoms with van der Waals surface area (Å²) in [6, 6.07) is 12.8. The fourth-order valence-electron chi connectivity index (χ4n) is 3.40. The van der Waals surface area contributed by atoms with E-state index in [4.69, 9.17) is 9.47 Å². The van der Waals surface area contributed by atoms with Crippen molar-refractivity contribution in [2.75, 3.05) is 20.8 Å². The predicted octanol–water partition coefficient (Wildman–Crippen LogP) is 3.54. The van der Waals surface area contributed by atoms with Gasteiger partial charge in [0.2, 0.25) is 0 Å². The van der Waals surface area contributed by atoms with Gasteiger partial charge in [0, 0.05) is 19.4 Å². The maximum absolute atomic E-state index is 11.7. The van der Waals surface area contributed by atoms with Crippen LogP contribution in [0.3, 0.4) is 0 Å². The van der Waals surface area contributed by atoms with Crippen molar-refractivity contribution in [1.29, 1.82) is 0 Å². The van der Waals surface area contributed by atoms with E-state index in [0.717, 1.165) is 59.8 Å². The van der Waals surface area contributed by atoms with Gasteiger partial charge in [0.05, 0.1) is 25.6 Å². The topological polar surface area (TPSA) is 80.2 Å². The SMILES string of the molecule is COc1cccc(OC)c1-c1ccc(CC(NC2=NCCCC2)C(=O)O)cc1. The Bertz CT molecular complexity index is 824. The summed E-state index contributed by atoms with van der Waals surface area (Å²) in [4.78, 5) is 16.1. The number of ether oxygens (including phenoxy) is 2. The number of hydrogen-bond acceptors (Lipinski definition) is 5. The van der Waals surface area contributed by atoms with E-state index in [1.54, 1.807) is 14.2 Å². The van der Waals surface area contributed by atoms with Gasteiger partial charge < -0.3 is 19.9 Å². The molecular weight excluding hydrogens is 356 g/mol. The van der Waals surface area contributed by atoms with Gasteiger partial charge in [-0.25, -0.2) is 4.79 Å². The summed E-state index contributed by atoms with van der Waals surface area (Å²) in [5.74, 6) is 1.39. The molecule has 0 saturated heterocycles. The third-order valence-electron chi connectivity index (χ3n) is 4.87. The number of nitrogens with zero attached hydrogens (tertiary/aromatic N) is 1. The van der Waals surface area contributed by atoms with Crippen LogP contribution >= 0.6 is 0 Å². The first-order chi connectivity index (χ1) is 13.6. The van der Waals surface area contributed by atoms with E-state index in [1.165, 1.54) is 0 Å². The summed E-state index contributed by atoms with van der Waals surface area (Å²) in [7, 11) is 3.26. The number of methoxy groups -OCH3 is 2. The van der Waals surface area contributed by atoms with Crippen LogP contribution in [0.1, 0.15) is 24.8 Å². The zero-order chi connectivity index (χ0) is 19.9. The molecule has 6 heteroatoms. The molecule has 1 aliphatic heterocycles. The Kier molecular flexibility index (Phi) is 6.53. The van der Waals surface area contributed by atoms with Crippen molar-refractivity contribution in [3.05, 3.63) is 48.0 Å². The highest BCUT2D eigenvalue weighted by Crippen LogP contribution is 2.38. The molecule has 1 heterocycles. The van der Waals surface area contributed by atoms with Crippen molar-refractivity contribution < 1.29 is 19.4 Å². The molecule has 0 radical (unpaired) electrons. The van der Waals surface area contributed by atoms with Crippen LogP contribution < -0.4 is 14.8 Å². The van der Waals surface area contributed by atoms with E-state index in [-0.39, 0.29) is 0 Å². The highest BCUT2D eigenvalue weighted by Gasteiger charge is 2.20. The number of carbonyl (C=O) groups is 1. The number of amidine groups is 1. The Morgan fingerprint density at radius 1 is 1.11 bits per heavy atom. The van der Waals surface area contributed by atoms with Gasteiger partial charge in [0.25, 0.3) is 0 Å². The van der Waals surface area contributed by atoms with Crippen LogP contribution in [0.5, 0.6) is 11.5 Å². The number of aliphatic carboxylic acids is 1. The monoisotopic (exact) mass is 382 g/mol. The van der Waals surface area contributed by atoms with Crippen molar-refractivity contribution in [3.63, 3.8) is 0 Å². The number of carboxylic acid groups (broad SMARTS) is 1. The number of benzene rings is 2. The lowest BCUT2D eigenvalue weighted by molar-refractivity contribution is -0.139. The summed E-state index contributed by atoms with van der Waals surface area (Å²) in [5, 5.41) is 12.7. The molecule has 3 rings (SSSR count). The zero-order valence-electron chi connectivity index (χ0n) is 16.3. The largest absolute Gasteiger partial charge is 0.496 e. The lowest BCUT2D eigenvalue weighted by Gasteiger charge is -2.20. The molecule has 0 fully saturated rings. The van der Waals surface area contributed by atoms with Gasteiger partial charge >= 0.3 is 5.97 Å². The Hall–Kier alpha value is -3.02. The molecule has 28 heavy (non-hydrogen) atoms. The summed E-state index contributed by atoms with van der Waals surface area (Å²) in [5.41, 5.74) is 2.77. The minimum absolute atomic E-state index is 0.387. The van der Waals surface area contributed by atoms with E-state index in [0.29, 0.717) is 6.42 Å². The van der Waals surface area contributed by atoms with E-state index in [2.05, 4.69) is 10.3 Å². The normalized spacial score (nSPS) is 14.7. The highest BCUT2D eigenvalue weighted by molar-refractivity contribution is 5.87. The van der Waals surface area contributed by atoms with Gasteiger partial charge in [-0.15, -0.1) is 0 Å². The van der Waals surface area contributed by atoms with Crippen LogP contribution in [0.25, 0.3) is 11.1 Å². The predicted molar refractivity (Wildman–Crippen MR) is 109 cm³/mol. The van der Waals surface area contributed by atoms with Gasteiger partial charge in [-0.1, -0.05) is 30.3 Å². The second-order valence-corrected chi connectivity index (χ2v) is 6.76. The van der Waals surface area contributed by atoms with E-state index in [9.17, 15) is 9.90 Å². The average Bonchev–Trinajstić information content (AvgIpc) is 2.74. The van der Waals surface area contributed by atoms with Gasteiger partial charge in [-0.3, -0.25) is 4.99 Å². The molecular formula is C22H26N2O4. The lowest BCUT2D eigenvalue weighted by Crippen LogP contribution is -2.43. The summed E-state index contributed by atoms with van der Waals surface area (Å²) in [6.45, 7) is 0.768. The highest BCUT2D eigenvalue weighted by atomic mass is 16.5. The third kappa shape index (κ3) is 4.63. The Morgan fingerprint density at radius 2 is 1.79 bits per heavy atom. The molecule has 2 N–H and O–H groups in total. The zero-order valence-corrected chi connectivity index (χ0v) is 16.3. The maximum atomic E-state index is 11.7. The van der Waals surface area contributed by atoms with E-state index >= 15 is 0 Å². The first kappa shape index (κ1) is 19.7. The molecule has 0 aliphatic carbocycles. The number of carboxylic acids is 1. The summed E-state index contributed by atoms with van der Waals surface area (Å²) < 4.78 is 10.9. The standard InChI is InChI=1S/C22H26N2O4/c1-27-18-6-5-7-19(28-2)21(18)16-11-9-15(10-12-16)14-17(22(25)26)24-20-8-3-4-13-23-20/h5-7,9-12,17H,3-4,8,13-14H2,1-2H3,(H,23,24)(H,25,26). The number of aliphatic imine (C=N–C) groups is 1. The maximum Gasteiger partial charge on any atom is 0.326 e. The second-order valence-electron chi connectivity index (χ2n) is 6.76. The van der Waals surface area contributed by atoms with Crippen molar-refractivity contribution in [3.8, 4) is 22.6 Å². The molecule has 148 valence electrons. The minimum Gasteiger partial charge on any atom is -0.496 e. The Balaban J connectivity index is 1.78. The molecule has 2 aromatic carbocycles. The second kappa shape index (κ2) is 9.26. The van der Waals surface area contributed by atoms with Gasteiger partial charge in [0.1, 0.15) is 17.5 Å². The fourth-order valence-corrected chi connectivity index (χ4v) is 3.40. The van der Waals surface area contributed by atoms with Crippen molar-refractivity contribution in [2.45, 2.75) is 31.7 Å². The molecule has 0 spiro atoms. The van der Waals surface area contributed by atoms with Gasteiger partial charge in [0.15, 0.2) is 0 Å². The van der Waals surface area contributed by atoms with Gasteiger partial charge in [-0.2, -0.15) is 0 Å². The van der Waals surface area contributed by atoms with Crippen molar-refractivity contribution in [2.24, 2.45) is 4.99 Å². The summed E-state index contributed by atoms with van der Waals surface area (Å²) in [6.07, 6.45) is 3.32. The molecule has 1 unspecified atom stereocenters. The van der Waals surface area contributed by atoms with E-state index in [1.807, 2.05) is 42.5 Å². The molecule has 1 atom stereocenters. The van der Waals surface area contributed by atoms with Crippen LogP contribution in [0.15, 0.2) is 47.5 Å². The number of hydrogen-bond donors (Lipinski definition) is 2. The molecule has 0 aromatic heterocycles. The molecule has 0 amide bonds. The first-order valence-electron chi connectivity index (χ1n) is 9.45. The molecule has 6 nitrogen and oxygen atoms in total. The van der Waals surface area contributed by atoms with Crippen LogP contribution in [0, 0.1) is 0 Å². The van der Waals surface area contributed by atoms with Crippen molar-refractivity contribution in [1.82, 2.24) is 5.32 Å². The Morgan fingerprint density at radius 3 is 2.32 bits per heavy atom. The third-order valence-corrected chi connectivity index (χ3v) is 4.87. The number of nitrogens with one attached hydrogen (secondary N) is 1. The minimum atomic E-state index is -0.872. The lowest BCUT2D eigenvalue weighted by atomic mass is 9.99. The summed E-state index contributed by atoms with van der Waals surface area (Å²) >= 11 is 0. The molecule has 2 aromatic rings. The van der Waals surface area contributed by atoms with Crippen LogP contribution in [0.2, 0.25) is 0 Å².